The molecule has 1 unspecified atom stereocenters. The Balaban J connectivity index is 1.70. The van der Waals surface area contributed by atoms with Crippen molar-refractivity contribution >= 4 is 27.5 Å². The minimum absolute atomic E-state index is 0.0188. The zero-order valence-corrected chi connectivity index (χ0v) is 25.2. The summed E-state index contributed by atoms with van der Waals surface area (Å²) in [5.74, 6) is 0.410. The largest absolute Gasteiger partial charge is 0.497 e. The molecule has 0 radical (unpaired) electrons. The molecule has 0 heterocycles. The summed E-state index contributed by atoms with van der Waals surface area (Å²) in [5, 5.41) is 3.12. The lowest BCUT2D eigenvalue weighted by molar-refractivity contribution is -0.140. The maximum absolute atomic E-state index is 14.2. The highest BCUT2D eigenvalue weighted by Crippen LogP contribution is 2.26. The molecule has 1 aliphatic carbocycles. The van der Waals surface area contributed by atoms with Crippen molar-refractivity contribution in [2.24, 2.45) is 0 Å². The van der Waals surface area contributed by atoms with Gasteiger partial charge in [-0.3, -0.25) is 13.9 Å². The van der Waals surface area contributed by atoms with Gasteiger partial charge in [-0.1, -0.05) is 50.1 Å². The van der Waals surface area contributed by atoms with Crippen molar-refractivity contribution in [3.63, 3.8) is 0 Å². The molecule has 0 aromatic heterocycles. The molecule has 2 amide bonds. The quantitative estimate of drug-likeness (QED) is 0.306. The lowest BCUT2D eigenvalue weighted by Crippen LogP contribution is -2.53. The molecule has 224 valence electrons. The normalized spacial score (nSPS) is 14.2. The van der Waals surface area contributed by atoms with Crippen LogP contribution < -0.4 is 19.1 Å². The molecular weight excluding hydrogens is 554 g/mol. The number of rotatable bonds is 13. The molecule has 1 saturated carbocycles. The van der Waals surface area contributed by atoms with Gasteiger partial charge in [0.2, 0.25) is 11.8 Å². The molecule has 42 heavy (non-hydrogen) atoms. The van der Waals surface area contributed by atoms with Crippen LogP contribution in [0.4, 0.5) is 5.69 Å². The average Bonchev–Trinajstić information content (AvgIpc) is 3.53. The molecule has 3 aromatic rings. The van der Waals surface area contributed by atoms with Gasteiger partial charge >= 0.3 is 0 Å². The number of benzene rings is 3. The number of amides is 2. The van der Waals surface area contributed by atoms with E-state index in [1.54, 1.807) is 55.6 Å². The van der Waals surface area contributed by atoms with Crippen LogP contribution in [0.3, 0.4) is 0 Å². The van der Waals surface area contributed by atoms with Gasteiger partial charge in [0.05, 0.1) is 24.8 Å². The van der Waals surface area contributed by atoms with E-state index in [1.807, 2.05) is 25.1 Å². The van der Waals surface area contributed by atoms with Crippen molar-refractivity contribution in [3.05, 3.63) is 84.4 Å². The van der Waals surface area contributed by atoms with Crippen molar-refractivity contribution < 1.29 is 27.5 Å². The van der Waals surface area contributed by atoms with Gasteiger partial charge in [-0.25, -0.2) is 8.42 Å². The predicted molar refractivity (Wildman–Crippen MR) is 162 cm³/mol. The fourth-order valence-corrected chi connectivity index (χ4v) is 6.67. The minimum atomic E-state index is -4.15. The Kier molecular flexibility index (Phi) is 10.5. The highest BCUT2D eigenvalue weighted by Gasteiger charge is 2.34. The van der Waals surface area contributed by atoms with E-state index in [0.717, 1.165) is 35.6 Å². The number of ether oxygens (including phenoxy) is 2. The van der Waals surface area contributed by atoms with E-state index in [0.29, 0.717) is 23.6 Å². The van der Waals surface area contributed by atoms with E-state index < -0.39 is 28.5 Å². The molecule has 0 bridgehead atoms. The maximum Gasteiger partial charge on any atom is 0.264 e. The molecule has 1 atom stereocenters. The molecule has 1 aliphatic rings. The van der Waals surface area contributed by atoms with Gasteiger partial charge in [0.1, 0.15) is 24.1 Å². The van der Waals surface area contributed by atoms with Crippen LogP contribution in [0.1, 0.15) is 44.6 Å². The summed E-state index contributed by atoms with van der Waals surface area (Å²) in [6, 6.07) is 21.1. The van der Waals surface area contributed by atoms with Crippen LogP contribution in [0.15, 0.2) is 83.8 Å². The van der Waals surface area contributed by atoms with Gasteiger partial charge in [0.15, 0.2) is 0 Å². The van der Waals surface area contributed by atoms with Gasteiger partial charge in [-0.15, -0.1) is 0 Å². The number of anilines is 1. The van der Waals surface area contributed by atoms with Crippen LogP contribution in [0.2, 0.25) is 0 Å². The molecule has 4 rings (SSSR count). The Bertz CT molecular complexity index is 1440. The van der Waals surface area contributed by atoms with Crippen molar-refractivity contribution in [3.8, 4) is 11.5 Å². The van der Waals surface area contributed by atoms with Crippen LogP contribution in [0, 0.1) is 0 Å². The second-order valence-electron chi connectivity index (χ2n) is 10.3. The van der Waals surface area contributed by atoms with E-state index in [-0.39, 0.29) is 23.4 Å². The third-order valence-corrected chi connectivity index (χ3v) is 9.33. The van der Waals surface area contributed by atoms with Crippen molar-refractivity contribution in [2.75, 3.05) is 25.1 Å². The fraction of sp³-hybridized carbons (Fsp3) is 0.375. The van der Waals surface area contributed by atoms with Crippen LogP contribution >= 0.6 is 0 Å². The molecule has 0 aliphatic heterocycles. The Labute approximate surface area is 248 Å². The summed E-state index contributed by atoms with van der Waals surface area (Å²) >= 11 is 0. The number of sulfonamides is 1. The Hall–Kier alpha value is -4.05. The first-order chi connectivity index (χ1) is 20.3. The van der Waals surface area contributed by atoms with E-state index in [9.17, 15) is 18.0 Å². The second-order valence-corrected chi connectivity index (χ2v) is 12.2. The number of carbonyl (C=O) groups is 2. The first-order valence-corrected chi connectivity index (χ1v) is 15.7. The second kappa shape index (κ2) is 14.2. The Morgan fingerprint density at radius 1 is 0.905 bits per heavy atom. The van der Waals surface area contributed by atoms with Crippen molar-refractivity contribution in [1.82, 2.24) is 10.2 Å². The lowest BCUT2D eigenvalue weighted by atomic mass is 10.1. The molecule has 3 aromatic carbocycles. The number of hydrogen-bond acceptors (Lipinski definition) is 6. The van der Waals surface area contributed by atoms with Crippen LogP contribution in [-0.4, -0.2) is 58.0 Å². The molecule has 9 nitrogen and oxygen atoms in total. The maximum atomic E-state index is 14.2. The molecule has 1 fully saturated rings. The molecule has 0 spiro atoms. The van der Waals surface area contributed by atoms with Crippen LogP contribution in [-0.2, 0) is 26.2 Å². The summed E-state index contributed by atoms with van der Waals surface area (Å²) in [4.78, 5) is 29.2. The zero-order chi connectivity index (χ0) is 30.1. The van der Waals surface area contributed by atoms with Gasteiger partial charge < -0.3 is 19.7 Å². The van der Waals surface area contributed by atoms with Gasteiger partial charge in [0, 0.05) is 12.6 Å². The highest BCUT2D eigenvalue weighted by atomic mass is 32.2. The first-order valence-electron chi connectivity index (χ1n) is 14.2. The van der Waals surface area contributed by atoms with Crippen molar-refractivity contribution in [1.29, 1.82) is 0 Å². The zero-order valence-electron chi connectivity index (χ0n) is 24.4. The standard InChI is InChI=1S/C32H39N3O6S/c1-4-30(32(37)33-25-12-8-9-13-25)34(22-24-11-10-16-28(21-24)41-3)31(36)23-35(26-14-6-5-7-15-26)42(38,39)29-19-17-27(40-2)18-20-29/h5-7,10-11,14-21,25,30H,4,8-9,12-13,22-23H2,1-3H3,(H,33,37). The number of nitrogens with one attached hydrogen (secondary N) is 1. The summed E-state index contributed by atoms with van der Waals surface area (Å²) in [7, 11) is -1.09. The lowest BCUT2D eigenvalue weighted by Gasteiger charge is -2.33. The highest BCUT2D eigenvalue weighted by molar-refractivity contribution is 7.92. The van der Waals surface area contributed by atoms with Gasteiger partial charge in [0.25, 0.3) is 10.0 Å². The van der Waals surface area contributed by atoms with E-state index in [1.165, 1.54) is 24.1 Å². The van der Waals surface area contributed by atoms with E-state index in [2.05, 4.69) is 5.32 Å². The Morgan fingerprint density at radius 3 is 2.19 bits per heavy atom. The molecule has 1 N–H and O–H groups in total. The third-order valence-electron chi connectivity index (χ3n) is 7.55. The topological polar surface area (TPSA) is 105 Å². The molecule has 0 saturated heterocycles. The van der Waals surface area contributed by atoms with Gasteiger partial charge in [-0.05, 0) is 73.4 Å². The SMILES string of the molecule is CCC(C(=O)NC1CCCC1)N(Cc1cccc(OC)c1)C(=O)CN(c1ccccc1)S(=O)(=O)c1ccc(OC)cc1. The number of carbonyl (C=O) groups excluding carboxylic acids is 2. The minimum Gasteiger partial charge on any atom is -0.497 e. The summed E-state index contributed by atoms with van der Waals surface area (Å²) in [6.07, 6.45) is 4.31. The van der Waals surface area contributed by atoms with Crippen LogP contribution in [0.25, 0.3) is 0 Å². The summed E-state index contributed by atoms with van der Waals surface area (Å²) in [6.45, 7) is 1.47. The monoisotopic (exact) mass is 593 g/mol. The van der Waals surface area contributed by atoms with Crippen LogP contribution in [0.5, 0.6) is 11.5 Å². The predicted octanol–water partition coefficient (Wildman–Crippen LogP) is 4.77. The smallest absolute Gasteiger partial charge is 0.264 e. The summed E-state index contributed by atoms with van der Waals surface area (Å²) in [5.41, 5.74) is 1.10. The van der Waals surface area contributed by atoms with E-state index >= 15 is 0 Å². The number of para-hydroxylation sites is 1. The summed E-state index contributed by atoms with van der Waals surface area (Å²) < 4.78 is 39.6. The molecular formula is C32H39N3O6S. The number of hydrogen-bond donors (Lipinski definition) is 1. The number of methoxy groups -OCH3 is 2. The average molecular weight is 594 g/mol. The molecule has 10 heteroatoms. The third kappa shape index (κ3) is 7.42. The van der Waals surface area contributed by atoms with Crippen molar-refractivity contribution in [2.45, 2.75) is 62.6 Å². The Morgan fingerprint density at radius 2 is 1.57 bits per heavy atom. The van der Waals surface area contributed by atoms with E-state index in [4.69, 9.17) is 9.47 Å². The first kappa shape index (κ1) is 30.9. The fourth-order valence-electron chi connectivity index (χ4n) is 5.25. The van der Waals surface area contributed by atoms with Gasteiger partial charge in [-0.2, -0.15) is 0 Å². The number of nitrogens with zero attached hydrogens (tertiary/aromatic N) is 2.